The molecule has 0 amide bonds. The number of halogens is 1. The van der Waals surface area contributed by atoms with Gasteiger partial charge in [0.2, 0.25) is 11.5 Å². The summed E-state index contributed by atoms with van der Waals surface area (Å²) in [5.74, 6) is 2.55. The Labute approximate surface area is 326 Å². The normalized spacial score (nSPS) is 14.7. The van der Waals surface area contributed by atoms with Crippen LogP contribution >= 0.6 is 23.1 Å². The predicted molar refractivity (Wildman–Crippen MR) is 223 cm³/mol. The Morgan fingerprint density at radius 1 is 0.604 bits per heavy atom. The van der Waals surface area contributed by atoms with Crippen LogP contribution in [0.4, 0.5) is 0 Å². The number of rotatable bonds is 7. The Kier molecular flexibility index (Phi) is 10.5. The maximum Gasteiger partial charge on any atom is 0.246 e. The van der Waals surface area contributed by atoms with Gasteiger partial charge in [-0.2, -0.15) is 0 Å². The molecule has 0 N–H and O–H groups in total. The third-order valence-corrected chi connectivity index (χ3v) is 13.7. The third-order valence-electron chi connectivity index (χ3n) is 9.64. The molecule has 0 unspecified atom stereocenters. The number of fused-ring (bicyclic) bond motifs is 1. The van der Waals surface area contributed by atoms with Gasteiger partial charge in [-0.15, -0.1) is 0 Å². The lowest BCUT2D eigenvalue weighted by molar-refractivity contribution is -0.0441. The van der Waals surface area contributed by atoms with Gasteiger partial charge in [-0.3, -0.25) is 0 Å². The minimum Gasteiger partial charge on any atom is -0.496 e. The molecular formula is C45H58BrO6P. The first kappa shape index (κ1) is 40.8. The highest BCUT2D eigenvalue weighted by molar-refractivity contribution is 9.10. The molecule has 0 fully saturated rings. The topological polar surface area (TPSA) is 63.2 Å². The van der Waals surface area contributed by atoms with Gasteiger partial charge in [0.25, 0.3) is 0 Å². The zero-order chi connectivity index (χ0) is 39.7. The SMILES string of the molecule is COc1c(C(C)(C)C)cc(P(=O)(c2cc(C(C)(C)C)c(OC)c(C(C)(C)C)c2)c2cc(Oc3ccccc3)c3c(c2Br)OC(C)(C)O3)cc1C(C)(C)C. The second kappa shape index (κ2) is 13.7. The van der Waals surface area contributed by atoms with Crippen LogP contribution in [-0.2, 0) is 26.2 Å². The second-order valence-corrected chi connectivity index (χ2v) is 22.2. The lowest BCUT2D eigenvalue weighted by Gasteiger charge is -2.34. The fourth-order valence-electron chi connectivity index (χ4n) is 6.89. The highest BCUT2D eigenvalue weighted by Gasteiger charge is 2.44. The number of benzene rings is 4. The Bertz CT molecular complexity index is 1910. The van der Waals surface area contributed by atoms with Crippen LogP contribution in [0.3, 0.4) is 0 Å². The van der Waals surface area contributed by atoms with Crippen molar-refractivity contribution in [2.24, 2.45) is 0 Å². The molecule has 0 spiro atoms. The van der Waals surface area contributed by atoms with Crippen LogP contribution in [0.15, 0.2) is 65.1 Å². The summed E-state index contributed by atoms with van der Waals surface area (Å²) in [7, 11) is -0.401. The van der Waals surface area contributed by atoms with Gasteiger partial charge in [-0.25, -0.2) is 0 Å². The lowest BCUT2D eigenvalue weighted by Crippen LogP contribution is -2.32. The molecule has 1 heterocycles. The fraction of sp³-hybridized carbons (Fsp3) is 0.467. The monoisotopic (exact) mass is 804 g/mol. The average molecular weight is 806 g/mol. The summed E-state index contributed by atoms with van der Waals surface area (Å²) in [6.45, 7) is 29.7. The highest BCUT2D eigenvalue weighted by atomic mass is 79.9. The van der Waals surface area contributed by atoms with Crippen molar-refractivity contribution in [1.82, 2.24) is 0 Å². The molecule has 286 valence electrons. The van der Waals surface area contributed by atoms with Gasteiger partial charge in [-0.1, -0.05) is 101 Å². The number of ether oxygens (including phenoxy) is 5. The number of hydrogen-bond donors (Lipinski definition) is 0. The van der Waals surface area contributed by atoms with Crippen LogP contribution in [0.1, 0.15) is 119 Å². The van der Waals surface area contributed by atoms with Crippen LogP contribution in [0.25, 0.3) is 0 Å². The average Bonchev–Trinajstić information content (AvgIpc) is 3.39. The van der Waals surface area contributed by atoms with Crippen LogP contribution in [0.2, 0.25) is 0 Å². The minimum atomic E-state index is -3.84. The lowest BCUT2D eigenvalue weighted by atomic mass is 9.79. The standard InChI is InChI=1S/C45H58BrO6P/c1-41(2,3)30-22-28(23-31(37(30)48-15)42(4,5)6)53(47,29-24-32(43(7,8)9)38(49-16)33(25-29)44(10,11)12)35-26-34(50-27-20-18-17-19-21-27)39-40(36(35)46)52-45(13,14)51-39/h17-26H,1-16H3. The van der Waals surface area contributed by atoms with Crippen molar-refractivity contribution in [3.05, 3.63) is 87.4 Å². The van der Waals surface area contributed by atoms with E-state index in [0.717, 1.165) is 33.8 Å². The summed E-state index contributed by atoms with van der Waals surface area (Å²) in [5.41, 5.74) is 2.55. The smallest absolute Gasteiger partial charge is 0.246 e. The molecule has 8 heteroatoms. The summed E-state index contributed by atoms with van der Waals surface area (Å²) >= 11 is 3.94. The quantitative estimate of drug-likeness (QED) is 0.173. The molecule has 5 rings (SSSR count). The molecule has 0 aromatic heterocycles. The van der Waals surface area contributed by atoms with Gasteiger partial charge in [0.05, 0.1) is 18.7 Å². The van der Waals surface area contributed by atoms with Crippen molar-refractivity contribution in [2.45, 2.75) is 124 Å². The van der Waals surface area contributed by atoms with Crippen LogP contribution in [0.5, 0.6) is 34.5 Å². The van der Waals surface area contributed by atoms with Gasteiger partial charge in [0.1, 0.15) is 17.2 Å². The zero-order valence-electron chi connectivity index (χ0n) is 34.5. The molecule has 0 saturated carbocycles. The van der Waals surface area contributed by atoms with Gasteiger partial charge >= 0.3 is 0 Å². The zero-order valence-corrected chi connectivity index (χ0v) is 37.0. The van der Waals surface area contributed by atoms with Crippen LogP contribution in [0, 0.1) is 0 Å². The molecule has 4 aromatic rings. The van der Waals surface area contributed by atoms with E-state index in [-0.39, 0.29) is 21.7 Å². The van der Waals surface area contributed by atoms with E-state index in [2.05, 4.69) is 123 Å². The van der Waals surface area contributed by atoms with Crippen molar-refractivity contribution in [2.75, 3.05) is 14.2 Å². The molecule has 4 aromatic carbocycles. The highest BCUT2D eigenvalue weighted by Crippen LogP contribution is 2.57. The van der Waals surface area contributed by atoms with Crippen molar-refractivity contribution in [3.63, 3.8) is 0 Å². The Balaban J connectivity index is 2.04. The molecular weight excluding hydrogens is 747 g/mol. The first-order chi connectivity index (χ1) is 24.2. The molecule has 0 atom stereocenters. The first-order valence-electron chi connectivity index (χ1n) is 18.3. The Morgan fingerprint density at radius 2 is 0.981 bits per heavy atom. The van der Waals surface area contributed by atoms with Crippen molar-refractivity contribution < 1.29 is 28.2 Å². The Morgan fingerprint density at radius 3 is 1.34 bits per heavy atom. The molecule has 53 heavy (non-hydrogen) atoms. The van der Waals surface area contributed by atoms with E-state index in [0.29, 0.717) is 43.4 Å². The van der Waals surface area contributed by atoms with E-state index in [1.807, 2.05) is 50.2 Å². The van der Waals surface area contributed by atoms with E-state index in [1.54, 1.807) is 14.2 Å². The number of methoxy groups -OCH3 is 2. The molecule has 1 aliphatic rings. The largest absolute Gasteiger partial charge is 0.496 e. The van der Waals surface area contributed by atoms with Gasteiger partial charge in [0.15, 0.2) is 18.6 Å². The van der Waals surface area contributed by atoms with Gasteiger partial charge in [0, 0.05) is 52.0 Å². The van der Waals surface area contributed by atoms with Crippen molar-refractivity contribution in [3.8, 4) is 34.5 Å². The van der Waals surface area contributed by atoms with E-state index >= 15 is 4.57 Å². The van der Waals surface area contributed by atoms with E-state index in [1.165, 1.54) is 0 Å². The predicted octanol–water partition coefficient (Wildman–Crippen LogP) is 11.6. The summed E-state index contributed by atoms with van der Waals surface area (Å²) < 4.78 is 49.6. The van der Waals surface area contributed by atoms with Crippen molar-refractivity contribution in [1.29, 1.82) is 0 Å². The number of hydrogen-bond acceptors (Lipinski definition) is 6. The summed E-state index contributed by atoms with van der Waals surface area (Å²) in [6.07, 6.45) is 0. The summed E-state index contributed by atoms with van der Waals surface area (Å²) in [5, 5.41) is 1.91. The van der Waals surface area contributed by atoms with Gasteiger partial charge < -0.3 is 28.2 Å². The maximum absolute atomic E-state index is 17.3. The Hall–Kier alpha value is -3.41. The summed E-state index contributed by atoms with van der Waals surface area (Å²) in [4.78, 5) is 0. The van der Waals surface area contributed by atoms with E-state index in [9.17, 15) is 0 Å². The first-order valence-corrected chi connectivity index (χ1v) is 20.8. The third kappa shape index (κ3) is 7.76. The molecule has 1 aliphatic heterocycles. The van der Waals surface area contributed by atoms with E-state index < -0.39 is 12.9 Å². The molecule has 0 saturated heterocycles. The molecule has 6 nitrogen and oxygen atoms in total. The molecule has 0 radical (unpaired) electrons. The fourth-order valence-corrected chi connectivity index (χ4v) is 10.8. The summed E-state index contributed by atoms with van der Waals surface area (Å²) in [6, 6.07) is 19.8. The van der Waals surface area contributed by atoms with E-state index in [4.69, 9.17) is 23.7 Å². The second-order valence-electron chi connectivity index (χ2n) is 18.6. The maximum atomic E-state index is 17.3. The van der Waals surface area contributed by atoms with Crippen molar-refractivity contribution >= 4 is 39.0 Å². The van der Waals surface area contributed by atoms with Gasteiger partial charge in [-0.05, 0) is 80.1 Å². The number of para-hydroxylation sites is 1. The molecule has 0 aliphatic carbocycles. The van der Waals surface area contributed by atoms with Crippen LogP contribution in [-0.4, -0.2) is 20.0 Å². The minimum absolute atomic E-state index is 0.336. The molecule has 0 bridgehead atoms. The van der Waals surface area contributed by atoms with Crippen LogP contribution < -0.4 is 39.6 Å².